The summed E-state index contributed by atoms with van der Waals surface area (Å²) in [7, 11) is 0. The summed E-state index contributed by atoms with van der Waals surface area (Å²) in [5.74, 6) is -0.433. The second-order valence-corrected chi connectivity index (χ2v) is 4.15. The summed E-state index contributed by atoms with van der Waals surface area (Å²) in [6.45, 7) is 2.43. The van der Waals surface area contributed by atoms with Crippen LogP contribution in [0.25, 0.3) is 0 Å². The molecule has 4 nitrogen and oxygen atoms in total. The van der Waals surface area contributed by atoms with Gasteiger partial charge in [-0.25, -0.2) is 0 Å². The predicted octanol–water partition coefficient (Wildman–Crippen LogP) is 1.20. The zero-order valence-corrected chi connectivity index (χ0v) is 9.79. The molecule has 0 unspecified atom stereocenters. The molecule has 0 radical (unpaired) electrons. The van der Waals surface area contributed by atoms with Crippen LogP contribution in [0.15, 0.2) is 0 Å². The molecule has 17 heavy (non-hydrogen) atoms. The van der Waals surface area contributed by atoms with Gasteiger partial charge in [-0.1, -0.05) is 0 Å². The summed E-state index contributed by atoms with van der Waals surface area (Å²) in [6.07, 6.45) is -4.50. The van der Waals surface area contributed by atoms with Crippen LogP contribution in [0.4, 0.5) is 13.2 Å². The molecule has 1 rings (SSSR count). The fourth-order valence-electron chi connectivity index (χ4n) is 1.59. The third-order valence-corrected chi connectivity index (χ3v) is 2.42. The second kappa shape index (κ2) is 5.68. The Morgan fingerprint density at radius 3 is 2.71 bits per heavy atom. The van der Waals surface area contributed by atoms with E-state index in [0.717, 1.165) is 0 Å². The van der Waals surface area contributed by atoms with E-state index in [4.69, 9.17) is 4.74 Å². The molecule has 0 N–H and O–H groups in total. The highest BCUT2D eigenvalue weighted by Crippen LogP contribution is 2.15. The molecule has 0 aromatic carbocycles. The van der Waals surface area contributed by atoms with Crippen molar-refractivity contribution in [3.63, 3.8) is 0 Å². The van der Waals surface area contributed by atoms with Crippen LogP contribution in [-0.2, 0) is 14.3 Å². The number of amides is 1. The molecule has 0 aromatic rings. The standard InChI is InChI=1S/C10H16F3NO3/c1-7-4-17-8(2)3-14(7)9(15)5-16-6-10(11,12)13/h7-8H,3-6H2,1-2H3/t7-,8-/m0/s1. The van der Waals surface area contributed by atoms with Gasteiger partial charge in [-0.05, 0) is 13.8 Å². The fourth-order valence-corrected chi connectivity index (χ4v) is 1.59. The van der Waals surface area contributed by atoms with Crippen molar-refractivity contribution in [3.05, 3.63) is 0 Å². The van der Waals surface area contributed by atoms with Crippen molar-refractivity contribution in [2.45, 2.75) is 32.2 Å². The van der Waals surface area contributed by atoms with Gasteiger partial charge in [-0.2, -0.15) is 13.2 Å². The normalized spacial score (nSPS) is 26.1. The Bertz CT molecular complexity index is 270. The van der Waals surface area contributed by atoms with E-state index in [0.29, 0.717) is 13.2 Å². The summed E-state index contributed by atoms with van der Waals surface area (Å²) < 4.78 is 45.1. The molecule has 0 bridgehead atoms. The van der Waals surface area contributed by atoms with Crippen molar-refractivity contribution in [1.82, 2.24) is 4.90 Å². The lowest BCUT2D eigenvalue weighted by Crippen LogP contribution is -2.51. The van der Waals surface area contributed by atoms with Gasteiger partial charge in [0.25, 0.3) is 0 Å². The van der Waals surface area contributed by atoms with E-state index >= 15 is 0 Å². The first-order chi connectivity index (χ1) is 7.79. The van der Waals surface area contributed by atoms with E-state index in [2.05, 4.69) is 4.74 Å². The molecule has 1 heterocycles. The molecular weight excluding hydrogens is 239 g/mol. The fraction of sp³-hybridized carbons (Fsp3) is 0.900. The van der Waals surface area contributed by atoms with Crippen molar-refractivity contribution < 1.29 is 27.4 Å². The molecule has 0 aliphatic carbocycles. The van der Waals surface area contributed by atoms with E-state index in [-0.39, 0.29) is 12.1 Å². The lowest BCUT2D eigenvalue weighted by atomic mass is 10.2. The van der Waals surface area contributed by atoms with Crippen LogP contribution >= 0.6 is 0 Å². The summed E-state index contributed by atoms with van der Waals surface area (Å²) in [4.78, 5) is 13.1. The number of ether oxygens (including phenoxy) is 2. The van der Waals surface area contributed by atoms with Crippen LogP contribution in [0.5, 0.6) is 0 Å². The Hall–Kier alpha value is -0.820. The average molecular weight is 255 g/mol. The number of morpholine rings is 1. The number of carbonyl (C=O) groups is 1. The van der Waals surface area contributed by atoms with Gasteiger partial charge in [-0.3, -0.25) is 4.79 Å². The second-order valence-electron chi connectivity index (χ2n) is 4.15. The molecule has 0 spiro atoms. The largest absolute Gasteiger partial charge is 0.411 e. The van der Waals surface area contributed by atoms with Gasteiger partial charge in [0, 0.05) is 6.54 Å². The predicted molar refractivity (Wildman–Crippen MR) is 53.5 cm³/mol. The maximum Gasteiger partial charge on any atom is 0.411 e. The molecule has 1 saturated heterocycles. The van der Waals surface area contributed by atoms with Crippen molar-refractivity contribution in [2.75, 3.05) is 26.4 Å². The summed E-state index contributed by atoms with van der Waals surface area (Å²) in [5.41, 5.74) is 0. The first-order valence-corrected chi connectivity index (χ1v) is 5.35. The van der Waals surface area contributed by atoms with Crippen molar-refractivity contribution in [2.24, 2.45) is 0 Å². The molecular formula is C10H16F3NO3. The molecule has 1 aliphatic heterocycles. The SMILES string of the molecule is C[C@H]1CN(C(=O)COCC(F)(F)F)[C@@H](C)CO1. The van der Waals surface area contributed by atoms with Crippen molar-refractivity contribution in [3.8, 4) is 0 Å². The minimum Gasteiger partial charge on any atom is -0.375 e. The zero-order chi connectivity index (χ0) is 13.1. The molecule has 1 aliphatic rings. The third kappa shape index (κ3) is 4.91. The third-order valence-electron chi connectivity index (χ3n) is 2.42. The summed E-state index contributed by atoms with van der Waals surface area (Å²) in [6, 6.07) is -0.131. The highest BCUT2D eigenvalue weighted by molar-refractivity contribution is 5.77. The highest BCUT2D eigenvalue weighted by Gasteiger charge is 2.30. The molecule has 1 amide bonds. The van der Waals surface area contributed by atoms with Crippen LogP contribution in [0.1, 0.15) is 13.8 Å². The average Bonchev–Trinajstić information content (AvgIpc) is 2.19. The van der Waals surface area contributed by atoms with Crippen LogP contribution in [0.3, 0.4) is 0 Å². The quantitative estimate of drug-likeness (QED) is 0.760. The minimum absolute atomic E-state index is 0.0993. The van der Waals surface area contributed by atoms with E-state index in [1.165, 1.54) is 4.90 Å². The molecule has 2 atom stereocenters. The molecule has 0 saturated carbocycles. The lowest BCUT2D eigenvalue weighted by Gasteiger charge is -2.36. The van der Waals surface area contributed by atoms with Crippen LogP contribution in [0, 0.1) is 0 Å². The van der Waals surface area contributed by atoms with Gasteiger partial charge in [0.2, 0.25) is 5.91 Å². The number of hydrogen-bond acceptors (Lipinski definition) is 3. The smallest absolute Gasteiger partial charge is 0.375 e. The summed E-state index contributed by atoms with van der Waals surface area (Å²) >= 11 is 0. The Kier molecular flexibility index (Phi) is 4.76. The van der Waals surface area contributed by atoms with Crippen molar-refractivity contribution in [1.29, 1.82) is 0 Å². The highest BCUT2D eigenvalue weighted by atomic mass is 19.4. The van der Waals surface area contributed by atoms with E-state index in [1.54, 1.807) is 6.92 Å². The maximum absolute atomic E-state index is 11.8. The van der Waals surface area contributed by atoms with Crippen molar-refractivity contribution >= 4 is 5.91 Å². The molecule has 100 valence electrons. The van der Waals surface area contributed by atoms with Gasteiger partial charge in [0.15, 0.2) is 0 Å². The van der Waals surface area contributed by atoms with Gasteiger partial charge in [-0.15, -0.1) is 0 Å². The van der Waals surface area contributed by atoms with E-state index < -0.39 is 25.3 Å². The minimum atomic E-state index is -4.40. The van der Waals surface area contributed by atoms with E-state index in [9.17, 15) is 18.0 Å². The number of halogens is 3. The first kappa shape index (κ1) is 14.2. The van der Waals surface area contributed by atoms with E-state index in [1.807, 2.05) is 6.92 Å². The molecule has 1 fully saturated rings. The van der Waals surface area contributed by atoms with Gasteiger partial charge < -0.3 is 14.4 Å². The Labute approximate surface area is 97.7 Å². The van der Waals surface area contributed by atoms with Gasteiger partial charge >= 0.3 is 6.18 Å². The molecule has 7 heteroatoms. The molecule has 0 aromatic heterocycles. The first-order valence-electron chi connectivity index (χ1n) is 5.35. The Balaban J connectivity index is 2.36. The lowest BCUT2D eigenvalue weighted by molar-refractivity contribution is -0.180. The monoisotopic (exact) mass is 255 g/mol. The Morgan fingerprint density at radius 2 is 2.12 bits per heavy atom. The van der Waals surface area contributed by atoms with Crippen LogP contribution in [-0.4, -0.2) is 55.5 Å². The maximum atomic E-state index is 11.8. The number of alkyl halides is 3. The van der Waals surface area contributed by atoms with Crippen LogP contribution < -0.4 is 0 Å². The number of hydrogen-bond donors (Lipinski definition) is 0. The number of rotatable bonds is 3. The van der Waals surface area contributed by atoms with Gasteiger partial charge in [0.05, 0.1) is 18.8 Å². The van der Waals surface area contributed by atoms with Gasteiger partial charge in [0.1, 0.15) is 13.2 Å². The number of carbonyl (C=O) groups excluding carboxylic acids is 1. The topological polar surface area (TPSA) is 38.8 Å². The number of nitrogens with zero attached hydrogens (tertiary/aromatic N) is 1. The Morgan fingerprint density at radius 1 is 1.47 bits per heavy atom. The summed E-state index contributed by atoms with van der Waals surface area (Å²) in [5, 5.41) is 0. The van der Waals surface area contributed by atoms with Crippen LogP contribution in [0.2, 0.25) is 0 Å². The zero-order valence-electron chi connectivity index (χ0n) is 9.79.